The van der Waals surface area contributed by atoms with Crippen LogP contribution in [-0.2, 0) is 0 Å². The molecule has 4 heteroatoms. The maximum atomic E-state index is 13.8. The Labute approximate surface area is 192 Å². The Balaban J connectivity index is 0.00000129. The maximum absolute atomic E-state index is 13.8. The van der Waals surface area contributed by atoms with E-state index in [1.807, 2.05) is 25.1 Å². The molecule has 2 atom stereocenters. The van der Waals surface area contributed by atoms with Gasteiger partial charge in [0, 0.05) is 20.0 Å². The summed E-state index contributed by atoms with van der Waals surface area (Å²) in [5, 5.41) is 12.9. The van der Waals surface area contributed by atoms with Crippen molar-refractivity contribution in [1.29, 1.82) is 0 Å². The van der Waals surface area contributed by atoms with Gasteiger partial charge >= 0.3 is 0 Å². The normalized spacial score (nSPS) is 18.7. The standard InChI is InChI=1S/C25H27F2NO.C3H6.H2/c1-3-4-5-19(16-29)11-18-6-7-23(17(2)10-18)25-15-28-9-8-24(25)20-12-21(26)14-22(27)13-20;1-3-2;/h3-7,10-14,24-25,28-29H,1,8-9,15-16H2,2H3;3H,1H2,2H3;1H/b5-4-,19-11-;;/t24-,25-;;/m1../s1. The zero-order chi connectivity index (χ0) is 23.5. The molecule has 1 fully saturated rings. The van der Waals surface area contributed by atoms with E-state index in [-0.39, 0.29) is 19.9 Å². The van der Waals surface area contributed by atoms with E-state index >= 15 is 0 Å². The van der Waals surface area contributed by atoms with Gasteiger partial charge in [0.25, 0.3) is 0 Å². The molecule has 2 aromatic carbocycles. The predicted octanol–water partition coefficient (Wildman–Crippen LogP) is 6.69. The summed E-state index contributed by atoms with van der Waals surface area (Å²) >= 11 is 0. The number of piperidine rings is 1. The molecule has 172 valence electrons. The van der Waals surface area contributed by atoms with E-state index in [0.717, 1.165) is 47.8 Å². The molecule has 0 bridgehead atoms. The Morgan fingerprint density at radius 2 is 1.84 bits per heavy atom. The number of rotatable bonds is 6. The lowest BCUT2D eigenvalue weighted by atomic mass is 9.76. The molecule has 0 unspecified atom stereocenters. The number of hydrogen-bond donors (Lipinski definition) is 2. The molecule has 2 N–H and O–H groups in total. The molecule has 0 radical (unpaired) electrons. The largest absolute Gasteiger partial charge is 0.392 e. The minimum atomic E-state index is -0.529. The van der Waals surface area contributed by atoms with E-state index in [2.05, 4.69) is 37.5 Å². The topological polar surface area (TPSA) is 32.3 Å². The highest BCUT2D eigenvalue weighted by molar-refractivity contribution is 5.58. The van der Waals surface area contributed by atoms with Crippen molar-refractivity contribution < 1.29 is 15.3 Å². The maximum Gasteiger partial charge on any atom is 0.126 e. The van der Waals surface area contributed by atoms with Gasteiger partial charge in [0.15, 0.2) is 0 Å². The van der Waals surface area contributed by atoms with Crippen molar-refractivity contribution in [3.05, 3.63) is 113 Å². The molecule has 1 saturated heterocycles. The summed E-state index contributed by atoms with van der Waals surface area (Å²) in [6.07, 6.45) is 9.81. The summed E-state index contributed by atoms with van der Waals surface area (Å²) < 4.78 is 27.6. The van der Waals surface area contributed by atoms with Gasteiger partial charge in [0.2, 0.25) is 0 Å². The molecule has 0 aromatic heterocycles. The van der Waals surface area contributed by atoms with Crippen LogP contribution in [0.1, 0.15) is 48.9 Å². The highest BCUT2D eigenvalue weighted by atomic mass is 19.1. The van der Waals surface area contributed by atoms with Gasteiger partial charge in [-0.1, -0.05) is 49.1 Å². The van der Waals surface area contributed by atoms with Crippen LogP contribution in [0.4, 0.5) is 8.78 Å². The third kappa shape index (κ3) is 7.11. The number of halogens is 2. The van der Waals surface area contributed by atoms with Crippen molar-refractivity contribution in [2.24, 2.45) is 0 Å². The molecule has 0 aliphatic carbocycles. The van der Waals surface area contributed by atoms with Crippen LogP contribution in [0.3, 0.4) is 0 Å². The minimum absolute atomic E-state index is 0. The molecule has 1 heterocycles. The van der Waals surface area contributed by atoms with Gasteiger partial charge in [0.1, 0.15) is 11.6 Å². The van der Waals surface area contributed by atoms with Gasteiger partial charge in [-0.3, -0.25) is 0 Å². The van der Waals surface area contributed by atoms with E-state index in [1.54, 1.807) is 18.2 Å². The molecule has 2 aromatic rings. The molecule has 3 rings (SSSR count). The molecule has 0 saturated carbocycles. The third-order valence-electron chi connectivity index (χ3n) is 5.47. The lowest BCUT2D eigenvalue weighted by molar-refractivity contribution is 0.336. The first kappa shape index (κ1) is 25.4. The number of aryl methyl sites for hydroxylation is 1. The third-order valence-corrected chi connectivity index (χ3v) is 5.47. The first-order valence-corrected chi connectivity index (χ1v) is 10.9. The SMILES string of the molecule is C=C/C=C\C(=C\c1ccc([C@H]2CNCC[C@@H]2c2cc(F)cc(F)c2)c(C)c1)CO.C=CC.[HH]. The van der Waals surface area contributed by atoms with Crippen molar-refractivity contribution in [3.8, 4) is 0 Å². The Bertz CT molecular complexity index is 964. The van der Waals surface area contributed by atoms with Gasteiger partial charge in [-0.2, -0.15) is 0 Å². The second kappa shape index (κ2) is 12.9. The molecular weight excluding hydrogens is 404 g/mol. The monoisotopic (exact) mass is 439 g/mol. The fourth-order valence-corrected chi connectivity index (χ4v) is 4.13. The molecular formula is C28H35F2NO. The fourth-order valence-electron chi connectivity index (χ4n) is 4.13. The van der Waals surface area contributed by atoms with Crippen LogP contribution in [0.5, 0.6) is 0 Å². The fraction of sp³-hybridized carbons (Fsp3) is 0.286. The molecule has 0 spiro atoms. The summed E-state index contributed by atoms with van der Waals surface area (Å²) in [4.78, 5) is 0. The van der Waals surface area contributed by atoms with E-state index in [4.69, 9.17) is 0 Å². The molecule has 0 amide bonds. The summed E-state index contributed by atoms with van der Waals surface area (Å²) in [6.45, 7) is 12.5. The highest BCUT2D eigenvalue weighted by Gasteiger charge is 2.29. The predicted molar refractivity (Wildman–Crippen MR) is 133 cm³/mol. The Morgan fingerprint density at radius 3 is 2.44 bits per heavy atom. The lowest BCUT2D eigenvalue weighted by Gasteiger charge is -2.34. The van der Waals surface area contributed by atoms with E-state index in [9.17, 15) is 13.9 Å². The number of aliphatic hydroxyl groups is 1. The Kier molecular flexibility index (Phi) is 10.3. The van der Waals surface area contributed by atoms with Crippen molar-refractivity contribution >= 4 is 6.08 Å². The summed E-state index contributed by atoms with van der Waals surface area (Å²) in [6, 6.07) is 10.0. The van der Waals surface area contributed by atoms with Crippen molar-refractivity contribution in [2.75, 3.05) is 19.7 Å². The zero-order valence-corrected chi connectivity index (χ0v) is 19.0. The Morgan fingerprint density at radius 1 is 1.16 bits per heavy atom. The second-order valence-corrected chi connectivity index (χ2v) is 7.91. The smallest absolute Gasteiger partial charge is 0.126 e. The number of benzene rings is 2. The van der Waals surface area contributed by atoms with Crippen LogP contribution < -0.4 is 5.32 Å². The molecule has 2 nitrogen and oxygen atoms in total. The first-order valence-electron chi connectivity index (χ1n) is 10.9. The van der Waals surface area contributed by atoms with Gasteiger partial charge in [-0.05, 0) is 78.8 Å². The highest BCUT2D eigenvalue weighted by Crippen LogP contribution is 2.39. The summed E-state index contributed by atoms with van der Waals surface area (Å²) in [7, 11) is 0. The van der Waals surface area contributed by atoms with Gasteiger partial charge in [-0.25, -0.2) is 8.78 Å². The first-order chi connectivity index (χ1) is 15.4. The quantitative estimate of drug-likeness (QED) is 0.388. The number of allylic oxidation sites excluding steroid dienone is 3. The molecule has 1 aliphatic rings. The Hall–Kier alpha value is -2.82. The number of hydrogen-bond acceptors (Lipinski definition) is 2. The van der Waals surface area contributed by atoms with Crippen LogP contribution >= 0.6 is 0 Å². The second-order valence-electron chi connectivity index (χ2n) is 7.91. The van der Waals surface area contributed by atoms with E-state index in [1.165, 1.54) is 17.7 Å². The number of aliphatic hydroxyl groups excluding tert-OH is 1. The molecule has 32 heavy (non-hydrogen) atoms. The van der Waals surface area contributed by atoms with Crippen LogP contribution in [0.25, 0.3) is 6.08 Å². The average Bonchev–Trinajstić information content (AvgIpc) is 2.76. The minimum Gasteiger partial charge on any atom is -0.392 e. The van der Waals surface area contributed by atoms with Gasteiger partial charge in [-0.15, -0.1) is 6.58 Å². The van der Waals surface area contributed by atoms with Crippen molar-refractivity contribution in [2.45, 2.75) is 32.1 Å². The van der Waals surface area contributed by atoms with Crippen LogP contribution in [0.2, 0.25) is 0 Å². The van der Waals surface area contributed by atoms with E-state index < -0.39 is 11.6 Å². The van der Waals surface area contributed by atoms with Crippen molar-refractivity contribution in [1.82, 2.24) is 5.32 Å². The van der Waals surface area contributed by atoms with Gasteiger partial charge < -0.3 is 10.4 Å². The average molecular weight is 440 g/mol. The van der Waals surface area contributed by atoms with Gasteiger partial charge in [0.05, 0.1) is 6.61 Å². The summed E-state index contributed by atoms with van der Waals surface area (Å²) in [5.41, 5.74) is 4.82. The summed E-state index contributed by atoms with van der Waals surface area (Å²) in [5.74, 6) is -0.858. The zero-order valence-electron chi connectivity index (χ0n) is 19.0. The van der Waals surface area contributed by atoms with E-state index in [0.29, 0.717) is 0 Å². The molecule has 1 aliphatic heterocycles. The van der Waals surface area contributed by atoms with Crippen LogP contribution in [0.15, 0.2) is 79.4 Å². The van der Waals surface area contributed by atoms with Crippen LogP contribution in [0, 0.1) is 18.6 Å². The lowest BCUT2D eigenvalue weighted by Crippen LogP contribution is -2.34. The van der Waals surface area contributed by atoms with Crippen LogP contribution in [-0.4, -0.2) is 24.8 Å². The van der Waals surface area contributed by atoms with Crippen molar-refractivity contribution in [3.63, 3.8) is 0 Å². The number of nitrogens with one attached hydrogen (secondary N) is 1.